The summed E-state index contributed by atoms with van der Waals surface area (Å²) in [5.74, 6) is 1.30. The molecule has 2 rings (SSSR count). The van der Waals surface area contributed by atoms with E-state index in [0.717, 1.165) is 16.7 Å². The van der Waals surface area contributed by atoms with Gasteiger partial charge in [0.2, 0.25) is 10.0 Å². The highest BCUT2D eigenvalue weighted by molar-refractivity contribution is 7.89. The highest BCUT2D eigenvalue weighted by Gasteiger charge is 2.36. The summed E-state index contributed by atoms with van der Waals surface area (Å²) in [7, 11) is -0.850. The number of hydrogen-bond acceptors (Lipinski definition) is 6. The highest BCUT2D eigenvalue weighted by Crippen LogP contribution is 2.23. The van der Waals surface area contributed by atoms with Crippen LogP contribution in [0.4, 0.5) is 0 Å². The first-order chi connectivity index (χ1) is 16.1. The number of methoxy groups -OCH3 is 2. The molecule has 0 heterocycles. The number of amidine groups is 1. The quantitative estimate of drug-likeness (QED) is 0.384. The van der Waals surface area contributed by atoms with Crippen LogP contribution in [0.15, 0.2) is 70.3 Å². The molecule has 0 fully saturated rings. The Hall–Kier alpha value is -3.01. The van der Waals surface area contributed by atoms with Crippen molar-refractivity contribution in [3.05, 3.63) is 71.4 Å². The molecule has 0 saturated carbocycles. The van der Waals surface area contributed by atoms with Gasteiger partial charge in [0.1, 0.15) is 22.9 Å². The number of hydrogen-bond donors (Lipinski definition) is 1. The number of ether oxygens (including phenoxy) is 2. The molecule has 9 heteroatoms. The lowest BCUT2D eigenvalue weighted by atomic mass is 10.2. The monoisotopic (exact) mass is 487 g/mol. The number of aliphatic hydroxyl groups is 1. The fraction of sp³-hybridized carbons (Fsp3) is 0.360. The standard InChI is InChI=1S/C25H33N3O5S/c1-18(2)15-27-25(26-4)24(29)19(3)34(30,31)28(16-20-7-11-22(32-5)12-8-20)17-21-9-13-23(33-6)14-10-21/h7-15,19,24,29H,4,16-17H2,1-3,5-6H3/b27-25-/t19-,24-/m0/s1. The molecule has 0 saturated heterocycles. The van der Waals surface area contributed by atoms with Gasteiger partial charge in [0, 0.05) is 19.3 Å². The lowest BCUT2D eigenvalue weighted by Crippen LogP contribution is -2.45. The average Bonchev–Trinajstić information content (AvgIpc) is 2.84. The molecule has 0 aliphatic rings. The number of benzene rings is 2. The van der Waals surface area contributed by atoms with Gasteiger partial charge < -0.3 is 14.6 Å². The van der Waals surface area contributed by atoms with Crippen molar-refractivity contribution in [3.63, 3.8) is 0 Å². The lowest BCUT2D eigenvalue weighted by molar-refractivity contribution is 0.232. The molecular weight excluding hydrogens is 454 g/mol. The third-order valence-electron chi connectivity index (χ3n) is 5.19. The summed E-state index contributed by atoms with van der Waals surface area (Å²) in [6, 6.07) is 14.3. The van der Waals surface area contributed by atoms with Crippen LogP contribution in [0.1, 0.15) is 31.9 Å². The average molecular weight is 488 g/mol. The van der Waals surface area contributed by atoms with Gasteiger partial charge >= 0.3 is 0 Å². The summed E-state index contributed by atoms with van der Waals surface area (Å²) >= 11 is 0. The third-order valence-corrected chi connectivity index (χ3v) is 7.37. The zero-order valence-electron chi connectivity index (χ0n) is 20.3. The molecule has 0 spiro atoms. The Morgan fingerprint density at radius 3 is 1.79 bits per heavy atom. The predicted octanol–water partition coefficient (Wildman–Crippen LogP) is 3.81. The van der Waals surface area contributed by atoms with Crippen molar-refractivity contribution in [1.82, 2.24) is 4.31 Å². The minimum absolute atomic E-state index is 0.0499. The van der Waals surface area contributed by atoms with E-state index < -0.39 is 21.4 Å². The molecule has 8 nitrogen and oxygen atoms in total. The van der Waals surface area contributed by atoms with Crippen LogP contribution in [-0.4, -0.2) is 56.0 Å². The topological polar surface area (TPSA) is 101 Å². The summed E-state index contributed by atoms with van der Waals surface area (Å²) in [4.78, 5) is 7.86. The maximum Gasteiger partial charge on any atom is 0.220 e. The zero-order valence-corrected chi connectivity index (χ0v) is 21.1. The first-order valence-corrected chi connectivity index (χ1v) is 12.2. The van der Waals surface area contributed by atoms with Crippen molar-refractivity contribution in [2.24, 2.45) is 9.98 Å². The summed E-state index contributed by atoms with van der Waals surface area (Å²) in [6.07, 6.45) is 0.0614. The molecule has 0 radical (unpaired) electrons. The van der Waals surface area contributed by atoms with E-state index in [1.165, 1.54) is 17.4 Å². The van der Waals surface area contributed by atoms with E-state index in [-0.39, 0.29) is 18.9 Å². The minimum Gasteiger partial charge on any atom is -0.497 e. The molecule has 2 atom stereocenters. The van der Waals surface area contributed by atoms with Gasteiger partial charge in [0.25, 0.3) is 0 Å². The maximum absolute atomic E-state index is 13.7. The van der Waals surface area contributed by atoms with E-state index in [1.54, 1.807) is 38.5 Å². The molecule has 0 aromatic heterocycles. The van der Waals surface area contributed by atoms with Gasteiger partial charge in [-0.15, -0.1) is 0 Å². The van der Waals surface area contributed by atoms with Crippen molar-refractivity contribution in [2.75, 3.05) is 14.2 Å². The highest BCUT2D eigenvalue weighted by atomic mass is 32.2. The van der Waals surface area contributed by atoms with Crippen LogP contribution in [0.5, 0.6) is 11.5 Å². The van der Waals surface area contributed by atoms with E-state index in [0.29, 0.717) is 11.5 Å². The molecular formula is C25H33N3O5S. The van der Waals surface area contributed by atoms with Crippen LogP contribution in [0, 0.1) is 0 Å². The number of aliphatic imine (C=N–C) groups is 2. The van der Waals surface area contributed by atoms with Crippen LogP contribution < -0.4 is 9.47 Å². The molecule has 0 bridgehead atoms. The number of aliphatic hydroxyl groups excluding tert-OH is 1. The third kappa shape index (κ3) is 7.24. The molecule has 2 aromatic rings. The van der Waals surface area contributed by atoms with Crippen molar-refractivity contribution in [2.45, 2.75) is 45.2 Å². The Morgan fingerprint density at radius 2 is 1.44 bits per heavy atom. The van der Waals surface area contributed by atoms with E-state index in [1.807, 2.05) is 38.1 Å². The van der Waals surface area contributed by atoms with Crippen molar-refractivity contribution in [3.8, 4) is 11.5 Å². The second-order valence-electron chi connectivity index (χ2n) is 8.01. The fourth-order valence-electron chi connectivity index (χ4n) is 3.12. The number of sulfonamides is 1. The van der Waals surface area contributed by atoms with Gasteiger partial charge in [-0.25, -0.2) is 18.4 Å². The van der Waals surface area contributed by atoms with Crippen LogP contribution >= 0.6 is 0 Å². The SMILES string of the molecule is C=N/C(=N\C=C(C)C)[C@@H](O)[C@H](C)S(=O)(=O)N(Cc1ccc(OC)cc1)Cc1ccc(OC)cc1. The van der Waals surface area contributed by atoms with Gasteiger partial charge in [-0.3, -0.25) is 0 Å². The maximum atomic E-state index is 13.7. The van der Waals surface area contributed by atoms with Crippen molar-refractivity contribution < 1.29 is 23.0 Å². The summed E-state index contributed by atoms with van der Waals surface area (Å²) in [5.41, 5.74) is 2.43. The van der Waals surface area contributed by atoms with Gasteiger partial charge in [-0.1, -0.05) is 29.8 Å². The molecule has 2 aromatic carbocycles. The van der Waals surface area contributed by atoms with Gasteiger partial charge in [-0.05, 0) is 62.9 Å². The normalized spacial score (nSPS) is 13.8. The molecule has 0 aliphatic carbocycles. The van der Waals surface area contributed by atoms with E-state index >= 15 is 0 Å². The van der Waals surface area contributed by atoms with E-state index in [2.05, 4.69) is 16.7 Å². The Kier molecular flexibility index (Phi) is 9.97. The molecule has 0 amide bonds. The van der Waals surface area contributed by atoms with Gasteiger partial charge in [0.15, 0.2) is 5.84 Å². The van der Waals surface area contributed by atoms with E-state index in [4.69, 9.17) is 9.47 Å². The first kappa shape index (κ1) is 27.2. The van der Waals surface area contributed by atoms with Crippen LogP contribution in [0.3, 0.4) is 0 Å². The molecule has 184 valence electrons. The Balaban J connectivity index is 2.41. The largest absolute Gasteiger partial charge is 0.497 e. The Morgan fingerprint density at radius 1 is 1.00 bits per heavy atom. The van der Waals surface area contributed by atoms with Crippen molar-refractivity contribution in [1.29, 1.82) is 0 Å². The van der Waals surface area contributed by atoms with Crippen LogP contribution in [-0.2, 0) is 23.1 Å². The van der Waals surface area contributed by atoms with Crippen LogP contribution in [0.25, 0.3) is 0 Å². The van der Waals surface area contributed by atoms with Crippen molar-refractivity contribution >= 4 is 22.6 Å². The second kappa shape index (κ2) is 12.5. The van der Waals surface area contributed by atoms with E-state index in [9.17, 15) is 13.5 Å². The number of allylic oxidation sites excluding steroid dienone is 1. The first-order valence-electron chi connectivity index (χ1n) is 10.7. The molecule has 34 heavy (non-hydrogen) atoms. The minimum atomic E-state index is -3.99. The zero-order chi connectivity index (χ0) is 25.3. The molecule has 0 unspecified atom stereocenters. The van der Waals surface area contributed by atoms with Crippen LogP contribution in [0.2, 0.25) is 0 Å². The predicted molar refractivity (Wildman–Crippen MR) is 136 cm³/mol. The second-order valence-corrected chi connectivity index (χ2v) is 10.3. The summed E-state index contributed by atoms with van der Waals surface area (Å²) in [6.45, 7) is 8.77. The molecule has 0 aliphatic heterocycles. The Labute approximate surface area is 202 Å². The van der Waals surface area contributed by atoms with Gasteiger partial charge in [-0.2, -0.15) is 4.31 Å². The van der Waals surface area contributed by atoms with Gasteiger partial charge in [0.05, 0.1) is 14.2 Å². The summed E-state index contributed by atoms with van der Waals surface area (Å²) in [5, 5.41) is 9.60. The number of nitrogens with zero attached hydrogens (tertiary/aromatic N) is 3. The smallest absolute Gasteiger partial charge is 0.220 e. The fourth-order valence-corrected chi connectivity index (χ4v) is 4.69. The lowest BCUT2D eigenvalue weighted by Gasteiger charge is -2.28. The Bertz CT molecular complexity index is 1060. The molecule has 1 N–H and O–H groups in total. The number of rotatable bonds is 11. The summed E-state index contributed by atoms with van der Waals surface area (Å²) < 4.78 is 39.1.